The molecule has 2 N–H and O–H groups in total. The van der Waals surface area contributed by atoms with Crippen LogP contribution in [0.1, 0.15) is 36.1 Å². The molecule has 0 radical (unpaired) electrons. The molecule has 0 spiro atoms. The smallest absolute Gasteiger partial charge is 0.171 e. The van der Waals surface area contributed by atoms with Gasteiger partial charge in [-0.15, -0.1) is 0 Å². The molecule has 0 amide bonds. The Bertz CT molecular complexity index is 811. The Morgan fingerprint density at radius 3 is 2.67 bits per heavy atom. The second-order valence-corrected chi connectivity index (χ2v) is 6.50. The summed E-state index contributed by atoms with van der Waals surface area (Å²) in [6.07, 6.45) is 2.10. The summed E-state index contributed by atoms with van der Waals surface area (Å²) in [5, 5.41) is 7.50. The SMILES string of the molecule is CCOc1ccc([C@@H]2NC(=S)NC3=C2CCc2ccccc23)cc1. The highest BCUT2D eigenvalue weighted by molar-refractivity contribution is 7.80. The molecule has 2 aliphatic rings. The van der Waals surface area contributed by atoms with Gasteiger partial charge in [-0.1, -0.05) is 36.4 Å². The van der Waals surface area contributed by atoms with E-state index in [0.29, 0.717) is 11.7 Å². The first-order chi connectivity index (χ1) is 11.8. The Kier molecular flexibility index (Phi) is 3.98. The molecule has 4 heteroatoms. The van der Waals surface area contributed by atoms with Crippen LogP contribution in [0.2, 0.25) is 0 Å². The van der Waals surface area contributed by atoms with Crippen molar-refractivity contribution in [3.05, 3.63) is 70.8 Å². The molecule has 2 aromatic carbocycles. The van der Waals surface area contributed by atoms with E-state index in [1.165, 1.54) is 28.0 Å². The lowest BCUT2D eigenvalue weighted by Crippen LogP contribution is -2.44. The quantitative estimate of drug-likeness (QED) is 0.831. The van der Waals surface area contributed by atoms with E-state index in [-0.39, 0.29) is 6.04 Å². The Morgan fingerprint density at radius 1 is 1.08 bits per heavy atom. The maximum absolute atomic E-state index is 5.55. The Labute approximate surface area is 147 Å². The number of fused-ring (bicyclic) bond motifs is 2. The van der Waals surface area contributed by atoms with Gasteiger partial charge in [0.25, 0.3) is 0 Å². The lowest BCUT2D eigenvalue weighted by Gasteiger charge is -2.35. The summed E-state index contributed by atoms with van der Waals surface area (Å²) in [6.45, 7) is 2.68. The van der Waals surface area contributed by atoms with Crippen LogP contribution in [0.5, 0.6) is 5.75 Å². The van der Waals surface area contributed by atoms with Gasteiger partial charge in [-0.3, -0.25) is 0 Å². The van der Waals surface area contributed by atoms with Gasteiger partial charge in [0.1, 0.15) is 5.75 Å². The van der Waals surface area contributed by atoms with Gasteiger partial charge in [-0.2, -0.15) is 0 Å². The van der Waals surface area contributed by atoms with E-state index in [9.17, 15) is 0 Å². The summed E-state index contributed by atoms with van der Waals surface area (Å²) < 4.78 is 5.55. The Morgan fingerprint density at radius 2 is 1.88 bits per heavy atom. The van der Waals surface area contributed by atoms with Crippen LogP contribution in [0, 0.1) is 0 Å². The minimum absolute atomic E-state index is 0.123. The van der Waals surface area contributed by atoms with Crippen molar-refractivity contribution in [2.75, 3.05) is 6.61 Å². The van der Waals surface area contributed by atoms with Crippen molar-refractivity contribution in [3.8, 4) is 5.75 Å². The molecule has 3 nitrogen and oxygen atoms in total. The van der Waals surface area contributed by atoms with Crippen LogP contribution >= 0.6 is 12.2 Å². The summed E-state index contributed by atoms with van der Waals surface area (Å²) in [4.78, 5) is 0. The largest absolute Gasteiger partial charge is 0.494 e. The van der Waals surface area contributed by atoms with Crippen molar-refractivity contribution in [3.63, 3.8) is 0 Å². The molecule has 122 valence electrons. The number of benzene rings is 2. The molecule has 1 aliphatic carbocycles. The second-order valence-electron chi connectivity index (χ2n) is 6.09. The summed E-state index contributed by atoms with van der Waals surface area (Å²) in [6, 6.07) is 17.0. The number of ether oxygens (including phenoxy) is 1. The van der Waals surface area contributed by atoms with Crippen LogP contribution in [0.3, 0.4) is 0 Å². The van der Waals surface area contributed by atoms with Gasteiger partial charge in [0.2, 0.25) is 0 Å². The molecule has 0 aromatic heterocycles. The fraction of sp³-hybridized carbons (Fsp3) is 0.250. The zero-order valence-corrected chi connectivity index (χ0v) is 14.5. The van der Waals surface area contributed by atoms with Gasteiger partial charge >= 0.3 is 0 Å². The molecule has 0 fully saturated rings. The molecule has 4 rings (SSSR count). The molecule has 24 heavy (non-hydrogen) atoms. The van der Waals surface area contributed by atoms with Crippen molar-refractivity contribution in [2.45, 2.75) is 25.8 Å². The summed E-state index contributed by atoms with van der Waals surface area (Å²) in [5.74, 6) is 0.904. The third-order valence-corrected chi connectivity index (χ3v) is 4.88. The van der Waals surface area contributed by atoms with E-state index in [1.807, 2.05) is 19.1 Å². The Balaban J connectivity index is 1.75. The third kappa shape index (κ3) is 2.67. The number of nitrogens with one attached hydrogen (secondary N) is 2. The van der Waals surface area contributed by atoms with Gasteiger partial charge < -0.3 is 15.4 Å². The van der Waals surface area contributed by atoms with Crippen molar-refractivity contribution in [1.29, 1.82) is 0 Å². The topological polar surface area (TPSA) is 33.3 Å². The van der Waals surface area contributed by atoms with Crippen LogP contribution in [-0.2, 0) is 6.42 Å². The number of aryl methyl sites for hydroxylation is 1. The van der Waals surface area contributed by atoms with Gasteiger partial charge in [0.05, 0.1) is 12.6 Å². The van der Waals surface area contributed by atoms with Gasteiger partial charge in [0, 0.05) is 11.3 Å². The summed E-state index contributed by atoms with van der Waals surface area (Å²) >= 11 is 5.47. The maximum atomic E-state index is 5.55. The maximum Gasteiger partial charge on any atom is 0.171 e. The number of thiocarbonyl (C=S) groups is 1. The van der Waals surface area contributed by atoms with E-state index in [0.717, 1.165) is 18.6 Å². The minimum Gasteiger partial charge on any atom is -0.494 e. The lowest BCUT2D eigenvalue weighted by molar-refractivity contribution is 0.340. The predicted octanol–water partition coefficient (Wildman–Crippen LogP) is 3.96. The van der Waals surface area contributed by atoms with E-state index in [2.05, 4.69) is 47.0 Å². The van der Waals surface area contributed by atoms with Crippen LogP contribution in [-0.4, -0.2) is 11.7 Å². The van der Waals surface area contributed by atoms with Crippen molar-refractivity contribution < 1.29 is 4.74 Å². The van der Waals surface area contributed by atoms with E-state index < -0.39 is 0 Å². The third-order valence-electron chi connectivity index (χ3n) is 4.66. The van der Waals surface area contributed by atoms with Crippen LogP contribution in [0.4, 0.5) is 0 Å². The fourth-order valence-electron chi connectivity index (χ4n) is 3.56. The van der Waals surface area contributed by atoms with Crippen molar-refractivity contribution in [1.82, 2.24) is 10.6 Å². The fourth-order valence-corrected chi connectivity index (χ4v) is 3.78. The predicted molar refractivity (Wildman–Crippen MR) is 101 cm³/mol. The second kappa shape index (κ2) is 6.29. The molecule has 0 unspecified atom stereocenters. The highest BCUT2D eigenvalue weighted by Crippen LogP contribution is 2.38. The van der Waals surface area contributed by atoms with E-state index in [1.54, 1.807) is 0 Å². The molecule has 0 saturated heterocycles. The number of hydrogen-bond acceptors (Lipinski definition) is 2. The molecular formula is C20H20N2OS. The number of hydrogen-bond donors (Lipinski definition) is 2. The van der Waals surface area contributed by atoms with Gasteiger partial charge in [-0.25, -0.2) is 0 Å². The van der Waals surface area contributed by atoms with Crippen LogP contribution in [0.25, 0.3) is 5.70 Å². The standard InChI is InChI=1S/C20H20N2OS/c1-2-23-15-10-7-14(8-11-15)18-17-12-9-13-5-3-4-6-16(13)19(17)22-20(24)21-18/h3-8,10-11,18H,2,9,12H2,1H3,(H2,21,22,24)/t18-/m0/s1. The summed E-state index contributed by atoms with van der Waals surface area (Å²) in [7, 11) is 0. The molecule has 1 atom stereocenters. The molecule has 1 aliphatic heterocycles. The molecule has 0 bridgehead atoms. The first-order valence-corrected chi connectivity index (χ1v) is 8.78. The molecular weight excluding hydrogens is 316 g/mol. The Hall–Kier alpha value is -2.33. The normalized spacial score (nSPS) is 19.0. The molecule has 1 heterocycles. The van der Waals surface area contributed by atoms with Gasteiger partial charge in [0.15, 0.2) is 5.11 Å². The lowest BCUT2D eigenvalue weighted by atomic mass is 9.83. The highest BCUT2D eigenvalue weighted by Gasteiger charge is 2.30. The van der Waals surface area contributed by atoms with E-state index in [4.69, 9.17) is 17.0 Å². The monoisotopic (exact) mass is 336 g/mol. The average Bonchev–Trinajstić information content (AvgIpc) is 2.62. The van der Waals surface area contributed by atoms with E-state index >= 15 is 0 Å². The molecule has 2 aromatic rings. The van der Waals surface area contributed by atoms with Crippen molar-refractivity contribution >= 4 is 23.0 Å². The number of rotatable bonds is 3. The van der Waals surface area contributed by atoms with Crippen LogP contribution < -0.4 is 15.4 Å². The van der Waals surface area contributed by atoms with Crippen molar-refractivity contribution in [2.24, 2.45) is 0 Å². The molecule has 0 saturated carbocycles. The first-order valence-electron chi connectivity index (χ1n) is 8.38. The van der Waals surface area contributed by atoms with Gasteiger partial charge in [-0.05, 0) is 60.8 Å². The first kappa shape index (κ1) is 15.2. The summed E-state index contributed by atoms with van der Waals surface area (Å²) in [5.41, 5.74) is 6.44. The zero-order valence-electron chi connectivity index (χ0n) is 13.6. The van der Waals surface area contributed by atoms with Crippen LogP contribution in [0.15, 0.2) is 54.1 Å². The minimum atomic E-state index is 0.123. The average molecular weight is 336 g/mol. The zero-order chi connectivity index (χ0) is 16.5. The highest BCUT2D eigenvalue weighted by atomic mass is 32.1.